The molecule has 0 saturated heterocycles. The fourth-order valence-corrected chi connectivity index (χ4v) is 2.00. The van der Waals surface area contributed by atoms with Crippen LogP contribution >= 0.6 is 0 Å². The van der Waals surface area contributed by atoms with Crippen LogP contribution in [0.25, 0.3) is 0 Å². The van der Waals surface area contributed by atoms with E-state index in [-0.39, 0.29) is 0 Å². The van der Waals surface area contributed by atoms with Gasteiger partial charge in [-0.2, -0.15) is 0 Å². The number of hydrogen-bond acceptors (Lipinski definition) is 3. The molecule has 3 heteroatoms. The summed E-state index contributed by atoms with van der Waals surface area (Å²) in [5, 5.41) is 10.7. The van der Waals surface area contributed by atoms with Gasteiger partial charge >= 0.3 is 0 Å². The van der Waals surface area contributed by atoms with Crippen LogP contribution in [0.5, 0.6) is 0 Å². The molecule has 3 nitrogen and oxygen atoms in total. The predicted molar refractivity (Wildman–Crippen MR) is 73.2 cm³/mol. The van der Waals surface area contributed by atoms with Crippen molar-refractivity contribution in [3.63, 3.8) is 0 Å². The molecule has 0 saturated carbocycles. The highest BCUT2D eigenvalue weighted by molar-refractivity contribution is 5.49. The minimum Gasteiger partial charge on any atom is -0.383 e. The number of aryl methyl sites for hydroxylation is 2. The summed E-state index contributed by atoms with van der Waals surface area (Å²) < 4.78 is 0. The normalized spacial score (nSPS) is 14.2. The molecule has 0 aliphatic rings. The molecule has 2 aromatic rings. The highest BCUT2D eigenvalue weighted by Crippen LogP contribution is 2.32. The van der Waals surface area contributed by atoms with Crippen LogP contribution in [-0.2, 0) is 5.60 Å². The Hall–Kier alpha value is -1.87. The Morgan fingerprint density at radius 2 is 1.72 bits per heavy atom. The van der Waals surface area contributed by atoms with Gasteiger partial charge in [0.05, 0.1) is 0 Å². The smallest absolute Gasteiger partial charge is 0.129 e. The molecule has 94 valence electrons. The highest BCUT2D eigenvalue weighted by Gasteiger charge is 2.28. The van der Waals surface area contributed by atoms with Crippen LogP contribution in [0, 0.1) is 13.8 Å². The number of anilines is 1. The lowest BCUT2D eigenvalue weighted by atomic mass is 9.87. The van der Waals surface area contributed by atoms with Gasteiger partial charge in [-0.3, -0.25) is 0 Å². The quantitative estimate of drug-likeness (QED) is 0.850. The standard InChI is InChI=1S/C15H18N2O/c1-10-4-6-12(7-5-10)15(3,18)13-8-11(2)9-17-14(13)16/h4-9,18H,1-3H3,(H2,16,17). The van der Waals surface area contributed by atoms with Gasteiger partial charge < -0.3 is 10.8 Å². The number of nitrogens with two attached hydrogens (primary N) is 1. The largest absolute Gasteiger partial charge is 0.383 e. The lowest BCUT2D eigenvalue weighted by molar-refractivity contribution is 0.103. The van der Waals surface area contributed by atoms with Crippen molar-refractivity contribution in [2.75, 3.05) is 5.73 Å². The molecular weight excluding hydrogens is 224 g/mol. The average Bonchev–Trinajstić information content (AvgIpc) is 2.32. The first-order chi connectivity index (χ1) is 8.41. The molecule has 1 aromatic heterocycles. The number of benzene rings is 1. The maximum Gasteiger partial charge on any atom is 0.129 e. The van der Waals surface area contributed by atoms with E-state index < -0.39 is 5.60 Å². The summed E-state index contributed by atoms with van der Waals surface area (Å²) in [6.07, 6.45) is 1.70. The molecule has 0 radical (unpaired) electrons. The van der Waals surface area contributed by atoms with E-state index in [1.807, 2.05) is 44.2 Å². The van der Waals surface area contributed by atoms with E-state index in [1.54, 1.807) is 13.1 Å². The van der Waals surface area contributed by atoms with Crippen molar-refractivity contribution < 1.29 is 5.11 Å². The van der Waals surface area contributed by atoms with Crippen molar-refractivity contribution in [1.29, 1.82) is 0 Å². The fourth-order valence-electron chi connectivity index (χ4n) is 2.00. The second kappa shape index (κ2) is 4.42. The third-order valence-electron chi connectivity index (χ3n) is 3.19. The first-order valence-corrected chi connectivity index (χ1v) is 5.93. The zero-order valence-electron chi connectivity index (χ0n) is 10.9. The first kappa shape index (κ1) is 12.6. The maximum atomic E-state index is 10.7. The Kier molecular flexibility index (Phi) is 3.09. The number of aliphatic hydroxyl groups is 1. The van der Waals surface area contributed by atoms with Gasteiger partial charge in [0.2, 0.25) is 0 Å². The molecule has 2 rings (SSSR count). The van der Waals surface area contributed by atoms with E-state index in [2.05, 4.69) is 4.98 Å². The van der Waals surface area contributed by atoms with E-state index in [0.29, 0.717) is 11.4 Å². The number of rotatable bonds is 2. The number of hydrogen-bond donors (Lipinski definition) is 2. The molecule has 0 bridgehead atoms. The Morgan fingerprint density at radius 3 is 2.33 bits per heavy atom. The minimum absolute atomic E-state index is 0.367. The Balaban J connectivity index is 2.53. The van der Waals surface area contributed by atoms with E-state index in [9.17, 15) is 5.11 Å². The zero-order valence-corrected chi connectivity index (χ0v) is 10.9. The van der Waals surface area contributed by atoms with Crippen molar-refractivity contribution in [1.82, 2.24) is 4.98 Å². The lowest BCUT2D eigenvalue weighted by Crippen LogP contribution is -2.25. The van der Waals surface area contributed by atoms with Crippen molar-refractivity contribution in [3.05, 3.63) is 58.8 Å². The van der Waals surface area contributed by atoms with Crippen molar-refractivity contribution >= 4 is 5.82 Å². The van der Waals surface area contributed by atoms with E-state index in [1.165, 1.54) is 0 Å². The molecule has 1 aromatic carbocycles. The van der Waals surface area contributed by atoms with Gasteiger partial charge in [0, 0.05) is 11.8 Å². The van der Waals surface area contributed by atoms with Crippen LogP contribution in [-0.4, -0.2) is 10.1 Å². The van der Waals surface area contributed by atoms with Crippen LogP contribution in [0.3, 0.4) is 0 Å². The fraction of sp³-hybridized carbons (Fsp3) is 0.267. The summed E-state index contributed by atoms with van der Waals surface area (Å²) in [4.78, 5) is 4.11. The van der Waals surface area contributed by atoms with Crippen LogP contribution < -0.4 is 5.73 Å². The van der Waals surface area contributed by atoms with Crippen molar-refractivity contribution in [2.24, 2.45) is 0 Å². The SMILES string of the molecule is Cc1ccc(C(C)(O)c2cc(C)cnc2N)cc1. The molecule has 1 heterocycles. The average molecular weight is 242 g/mol. The summed E-state index contributed by atoms with van der Waals surface area (Å²) in [5.41, 5.74) is 8.34. The molecular formula is C15H18N2O. The number of aromatic nitrogens is 1. The summed E-state index contributed by atoms with van der Waals surface area (Å²) >= 11 is 0. The second-order valence-corrected chi connectivity index (χ2v) is 4.88. The predicted octanol–water partition coefficient (Wildman–Crippen LogP) is 2.54. The zero-order chi connectivity index (χ0) is 13.3. The molecule has 1 atom stereocenters. The van der Waals surface area contributed by atoms with E-state index >= 15 is 0 Å². The molecule has 0 fully saturated rings. The van der Waals surface area contributed by atoms with Crippen LogP contribution in [0.4, 0.5) is 5.82 Å². The van der Waals surface area contributed by atoms with Gasteiger partial charge in [-0.15, -0.1) is 0 Å². The van der Waals surface area contributed by atoms with Gasteiger partial charge in [0.15, 0.2) is 0 Å². The topological polar surface area (TPSA) is 59.1 Å². The maximum absolute atomic E-state index is 10.7. The van der Waals surface area contributed by atoms with Crippen molar-refractivity contribution in [3.8, 4) is 0 Å². The van der Waals surface area contributed by atoms with Gasteiger partial charge in [0.1, 0.15) is 11.4 Å². The highest BCUT2D eigenvalue weighted by atomic mass is 16.3. The molecule has 1 unspecified atom stereocenters. The van der Waals surface area contributed by atoms with E-state index in [4.69, 9.17) is 5.73 Å². The molecule has 0 spiro atoms. The third kappa shape index (κ3) is 2.22. The summed E-state index contributed by atoms with van der Waals surface area (Å²) in [7, 11) is 0. The van der Waals surface area contributed by atoms with Gasteiger partial charge in [-0.1, -0.05) is 29.8 Å². The van der Waals surface area contributed by atoms with Gasteiger partial charge in [-0.25, -0.2) is 4.98 Å². The molecule has 18 heavy (non-hydrogen) atoms. The monoisotopic (exact) mass is 242 g/mol. The number of nitrogens with zero attached hydrogens (tertiary/aromatic N) is 1. The molecule has 0 aliphatic carbocycles. The summed E-state index contributed by atoms with van der Waals surface area (Å²) in [6, 6.07) is 9.66. The van der Waals surface area contributed by atoms with Crippen molar-refractivity contribution in [2.45, 2.75) is 26.4 Å². The van der Waals surface area contributed by atoms with Gasteiger partial charge in [0.25, 0.3) is 0 Å². The lowest BCUT2D eigenvalue weighted by Gasteiger charge is -2.26. The van der Waals surface area contributed by atoms with Gasteiger partial charge in [-0.05, 0) is 38.0 Å². The minimum atomic E-state index is -1.13. The van der Waals surface area contributed by atoms with E-state index in [0.717, 1.165) is 16.7 Å². The van der Waals surface area contributed by atoms with Crippen LogP contribution in [0.1, 0.15) is 29.2 Å². The van der Waals surface area contributed by atoms with Crippen LogP contribution in [0.15, 0.2) is 36.5 Å². The molecule has 3 N–H and O–H groups in total. The third-order valence-corrected chi connectivity index (χ3v) is 3.19. The number of pyridine rings is 1. The molecule has 0 aliphatic heterocycles. The second-order valence-electron chi connectivity index (χ2n) is 4.88. The Morgan fingerprint density at radius 1 is 1.11 bits per heavy atom. The summed E-state index contributed by atoms with van der Waals surface area (Å²) in [6.45, 7) is 5.69. The summed E-state index contributed by atoms with van der Waals surface area (Å²) in [5.74, 6) is 0.367. The Bertz CT molecular complexity index is 559. The first-order valence-electron chi connectivity index (χ1n) is 5.93. The number of nitrogen functional groups attached to an aromatic ring is 1. The molecule has 0 amide bonds. The Labute approximate surface area is 107 Å². The van der Waals surface area contributed by atoms with Crippen LogP contribution in [0.2, 0.25) is 0 Å².